The second-order valence-corrected chi connectivity index (χ2v) is 5.58. The summed E-state index contributed by atoms with van der Waals surface area (Å²) < 4.78 is 38.2. The zero-order chi connectivity index (χ0) is 18.6. The molecule has 0 spiro atoms. The fourth-order valence-electron chi connectivity index (χ4n) is 2.33. The van der Waals surface area contributed by atoms with E-state index < -0.39 is 17.6 Å². The van der Waals surface area contributed by atoms with Crippen LogP contribution in [0.3, 0.4) is 0 Å². The minimum absolute atomic E-state index is 0.187. The van der Waals surface area contributed by atoms with E-state index in [2.05, 4.69) is 10.6 Å². The number of amides is 2. The molecule has 0 atom stereocenters. The molecule has 0 bridgehead atoms. The van der Waals surface area contributed by atoms with Gasteiger partial charge in [0.05, 0.1) is 12.0 Å². The minimum Gasteiger partial charge on any atom is -0.326 e. The van der Waals surface area contributed by atoms with Crippen molar-refractivity contribution in [2.75, 3.05) is 10.6 Å². The lowest BCUT2D eigenvalue weighted by Crippen LogP contribution is -2.16. The molecule has 0 unspecified atom stereocenters. The number of rotatable bonds is 4. The van der Waals surface area contributed by atoms with Crippen molar-refractivity contribution in [2.24, 2.45) is 0 Å². The van der Waals surface area contributed by atoms with Gasteiger partial charge in [0.15, 0.2) is 0 Å². The van der Waals surface area contributed by atoms with E-state index in [-0.39, 0.29) is 17.9 Å². The molecule has 2 rings (SSSR count). The predicted molar refractivity (Wildman–Crippen MR) is 89.3 cm³/mol. The third kappa shape index (κ3) is 5.07. The molecule has 2 aromatic rings. The van der Waals surface area contributed by atoms with Gasteiger partial charge in [-0.05, 0) is 36.2 Å². The molecule has 2 N–H and O–H groups in total. The van der Waals surface area contributed by atoms with Crippen LogP contribution in [0.5, 0.6) is 0 Å². The van der Waals surface area contributed by atoms with Crippen LogP contribution < -0.4 is 10.6 Å². The van der Waals surface area contributed by atoms with Gasteiger partial charge in [0.2, 0.25) is 11.8 Å². The van der Waals surface area contributed by atoms with Crippen LogP contribution >= 0.6 is 0 Å². The molecule has 2 amide bonds. The first-order valence-electron chi connectivity index (χ1n) is 7.50. The summed E-state index contributed by atoms with van der Waals surface area (Å²) in [4.78, 5) is 23.3. The Kier molecular flexibility index (Phi) is 5.46. The molecule has 7 heteroatoms. The van der Waals surface area contributed by atoms with Crippen molar-refractivity contribution in [3.63, 3.8) is 0 Å². The number of alkyl halides is 3. The maximum atomic E-state index is 12.7. The number of hydrogen-bond acceptors (Lipinski definition) is 2. The first kappa shape index (κ1) is 18.5. The molecule has 0 saturated heterocycles. The van der Waals surface area contributed by atoms with Crippen molar-refractivity contribution >= 4 is 23.2 Å². The first-order chi connectivity index (χ1) is 11.7. The molecular formula is C18H17F3N2O2. The Bertz CT molecular complexity index is 801. The highest BCUT2D eigenvalue weighted by molar-refractivity contribution is 5.95. The largest absolute Gasteiger partial charge is 0.416 e. The number of anilines is 2. The third-order valence-corrected chi connectivity index (χ3v) is 3.54. The normalized spacial score (nSPS) is 11.1. The van der Waals surface area contributed by atoms with E-state index in [4.69, 9.17) is 0 Å². The molecule has 0 heterocycles. The molecule has 25 heavy (non-hydrogen) atoms. The number of benzene rings is 2. The van der Waals surface area contributed by atoms with Gasteiger partial charge in [0, 0.05) is 18.3 Å². The van der Waals surface area contributed by atoms with Crippen molar-refractivity contribution in [1.29, 1.82) is 0 Å². The van der Waals surface area contributed by atoms with Crippen LogP contribution in [0, 0.1) is 6.92 Å². The molecule has 0 aliphatic rings. The van der Waals surface area contributed by atoms with Crippen molar-refractivity contribution in [2.45, 2.75) is 26.4 Å². The second-order valence-electron chi connectivity index (χ2n) is 5.58. The molecule has 0 aliphatic carbocycles. The van der Waals surface area contributed by atoms with Crippen molar-refractivity contribution in [3.05, 3.63) is 59.2 Å². The Morgan fingerprint density at radius 2 is 1.60 bits per heavy atom. The van der Waals surface area contributed by atoms with Gasteiger partial charge < -0.3 is 10.6 Å². The second kappa shape index (κ2) is 7.38. The van der Waals surface area contributed by atoms with Crippen LogP contribution in [-0.4, -0.2) is 11.8 Å². The van der Waals surface area contributed by atoms with Crippen molar-refractivity contribution in [1.82, 2.24) is 0 Å². The Labute approximate surface area is 143 Å². The lowest BCUT2D eigenvalue weighted by Gasteiger charge is -2.13. The Morgan fingerprint density at radius 1 is 1.00 bits per heavy atom. The summed E-state index contributed by atoms with van der Waals surface area (Å²) in [6.07, 6.45) is -4.64. The number of halogens is 3. The van der Waals surface area contributed by atoms with Crippen LogP contribution in [0.2, 0.25) is 0 Å². The monoisotopic (exact) mass is 350 g/mol. The highest BCUT2D eigenvalue weighted by Crippen LogP contribution is 2.29. The zero-order valence-electron chi connectivity index (χ0n) is 13.7. The molecule has 0 saturated carbocycles. The van der Waals surface area contributed by atoms with Crippen molar-refractivity contribution in [3.8, 4) is 0 Å². The van der Waals surface area contributed by atoms with Crippen LogP contribution in [0.1, 0.15) is 23.6 Å². The van der Waals surface area contributed by atoms with Gasteiger partial charge in [-0.25, -0.2) is 0 Å². The molecular weight excluding hydrogens is 333 g/mol. The molecule has 0 aromatic heterocycles. The van der Waals surface area contributed by atoms with Crippen molar-refractivity contribution < 1.29 is 22.8 Å². The highest BCUT2D eigenvalue weighted by atomic mass is 19.4. The summed E-state index contributed by atoms with van der Waals surface area (Å²) in [5, 5.41) is 5.30. The predicted octanol–water partition coefficient (Wildman–Crippen LogP) is 4.15. The Balaban J connectivity index is 2.12. The maximum absolute atomic E-state index is 12.7. The Hall–Kier alpha value is -2.83. The first-order valence-corrected chi connectivity index (χ1v) is 7.50. The topological polar surface area (TPSA) is 58.2 Å². The van der Waals surface area contributed by atoms with Gasteiger partial charge in [0.1, 0.15) is 0 Å². The van der Waals surface area contributed by atoms with Gasteiger partial charge in [-0.15, -0.1) is 0 Å². The SMILES string of the molecule is CC(=O)Nc1cccc(NC(=O)Cc2cccc(C(F)(F)F)c2)c1C. The number of carbonyl (C=O) groups is 2. The average molecular weight is 350 g/mol. The van der Waals surface area contributed by atoms with E-state index in [0.29, 0.717) is 16.9 Å². The number of hydrogen-bond donors (Lipinski definition) is 2. The average Bonchev–Trinajstić information content (AvgIpc) is 2.50. The highest BCUT2D eigenvalue weighted by Gasteiger charge is 2.30. The van der Waals surface area contributed by atoms with Crippen LogP contribution in [-0.2, 0) is 22.2 Å². The van der Waals surface area contributed by atoms with Gasteiger partial charge in [-0.3, -0.25) is 9.59 Å². The van der Waals surface area contributed by atoms with Crippen LogP contribution in [0.4, 0.5) is 24.5 Å². The maximum Gasteiger partial charge on any atom is 0.416 e. The smallest absolute Gasteiger partial charge is 0.326 e. The fraction of sp³-hybridized carbons (Fsp3) is 0.222. The van der Waals surface area contributed by atoms with E-state index in [1.54, 1.807) is 25.1 Å². The zero-order valence-corrected chi connectivity index (χ0v) is 13.7. The molecule has 0 radical (unpaired) electrons. The third-order valence-electron chi connectivity index (χ3n) is 3.54. The summed E-state index contributed by atoms with van der Waals surface area (Å²) in [7, 11) is 0. The van der Waals surface area contributed by atoms with E-state index in [1.807, 2.05) is 0 Å². The molecule has 0 fully saturated rings. The quantitative estimate of drug-likeness (QED) is 0.870. The van der Waals surface area contributed by atoms with Gasteiger partial charge in [-0.2, -0.15) is 13.2 Å². The number of carbonyl (C=O) groups excluding carboxylic acids is 2. The van der Waals surface area contributed by atoms with Gasteiger partial charge in [-0.1, -0.05) is 24.3 Å². The van der Waals surface area contributed by atoms with Gasteiger partial charge >= 0.3 is 6.18 Å². The van der Waals surface area contributed by atoms with E-state index >= 15 is 0 Å². The molecule has 4 nitrogen and oxygen atoms in total. The summed E-state index contributed by atoms with van der Waals surface area (Å²) in [6.45, 7) is 3.10. The van der Waals surface area contributed by atoms with Crippen LogP contribution in [0.15, 0.2) is 42.5 Å². The van der Waals surface area contributed by atoms with E-state index in [9.17, 15) is 22.8 Å². The standard InChI is InChI=1S/C18H17F3N2O2/c1-11-15(22-12(2)24)7-4-8-16(11)23-17(25)10-13-5-3-6-14(9-13)18(19,20)21/h3-9H,10H2,1-2H3,(H,22,24)(H,23,25). The molecule has 0 aliphatic heterocycles. The lowest BCUT2D eigenvalue weighted by molar-refractivity contribution is -0.137. The lowest BCUT2D eigenvalue weighted by atomic mass is 10.1. The molecule has 132 valence electrons. The van der Waals surface area contributed by atoms with E-state index in [1.165, 1.54) is 19.1 Å². The van der Waals surface area contributed by atoms with E-state index in [0.717, 1.165) is 12.1 Å². The fourth-order valence-corrected chi connectivity index (χ4v) is 2.33. The van der Waals surface area contributed by atoms with Gasteiger partial charge in [0.25, 0.3) is 0 Å². The number of nitrogens with one attached hydrogen (secondary N) is 2. The molecule has 2 aromatic carbocycles. The Morgan fingerprint density at radius 3 is 2.20 bits per heavy atom. The summed E-state index contributed by atoms with van der Waals surface area (Å²) in [5.41, 5.74) is 1.19. The summed E-state index contributed by atoms with van der Waals surface area (Å²) in [6, 6.07) is 9.67. The summed E-state index contributed by atoms with van der Waals surface area (Å²) in [5.74, 6) is -0.682. The van der Waals surface area contributed by atoms with Crippen LogP contribution in [0.25, 0.3) is 0 Å². The minimum atomic E-state index is -4.45. The summed E-state index contributed by atoms with van der Waals surface area (Å²) >= 11 is 0.